The van der Waals surface area contributed by atoms with Crippen molar-refractivity contribution in [2.75, 3.05) is 0 Å². The minimum atomic E-state index is 0.00921. The lowest BCUT2D eigenvalue weighted by Gasteiger charge is -2.33. The Kier molecular flexibility index (Phi) is 7.19. The summed E-state index contributed by atoms with van der Waals surface area (Å²) in [4.78, 5) is 15.0. The highest BCUT2D eigenvalue weighted by molar-refractivity contribution is 5.85. The predicted octanol–water partition coefficient (Wildman–Crippen LogP) is 4.03. The molecule has 1 amide bonds. The van der Waals surface area contributed by atoms with Gasteiger partial charge in [0.05, 0.1) is 12.2 Å². The van der Waals surface area contributed by atoms with E-state index in [2.05, 4.69) is 58.7 Å². The maximum absolute atomic E-state index is 12.8. The first-order valence-corrected chi connectivity index (χ1v) is 8.87. The minimum Gasteiger partial charge on any atom is -0.323 e. The van der Waals surface area contributed by atoms with Crippen LogP contribution in [0.1, 0.15) is 74.1 Å². The Labute approximate surface area is 131 Å². The topological polar surface area (TPSA) is 32.3 Å². The fourth-order valence-electron chi connectivity index (χ4n) is 3.24. The number of amides is 1. The maximum Gasteiger partial charge on any atom is 0.241 e. The number of carbonyl (C=O) groups is 1. The van der Waals surface area contributed by atoms with E-state index in [1.54, 1.807) is 0 Å². The lowest BCUT2D eigenvalue weighted by atomic mass is 9.98. The number of hydrogen-bond acceptors (Lipinski definition) is 2. The van der Waals surface area contributed by atoms with E-state index in [0.29, 0.717) is 23.8 Å². The zero-order valence-corrected chi connectivity index (χ0v) is 15.1. The van der Waals surface area contributed by atoms with E-state index in [9.17, 15) is 4.79 Å². The van der Waals surface area contributed by atoms with E-state index in [1.165, 1.54) is 12.8 Å². The number of hydrogen-bond donors (Lipinski definition) is 1. The zero-order valence-electron chi connectivity index (χ0n) is 15.1. The second kappa shape index (κ2) is 8.17. The third kappa shape index (κ3) is 4.70. The summed E-state index contributed by atoms with van der Waals surface area (Å²) in [5.41, 5.74) is 0. The van der Waals surface area contributed by atoms with Gasteiger partial charge in [-0.05, 0) is 31.1 Å². The SMILES string of the molecule is CCC(C)C1NC(C(C)C)N(C(C)CCCC(C)C)C1=O. The molecule has 0 aliphatic carbocycles. The Balaban J connectivity index is 2.73. The van der Waals surface area contributed by atoms with Crippen molar-refractivity contribution in [3.8, 4) is 0 Å². The molecular formula is C18H36N2O. The molecule has 0 radical (unpaired) electrons. The van der Waals surface area contributed by atoms with Gasteiger partial charge in [0.25, 0.3) is 0 Å². The first-order chi connectivity index (χ1) is 9.79. The van der Waals surface area contributed by atoms with Crippen LogP contribution in [0.15, 0.2) is 0 Å². The third-order valence-corrected chi connectivity index (χ3v) is 4.89. The van der Waals surface area contributed by atoms with Crippen LogP contribution in [0.3, 0.4) is 0 Å². The van der Waals surface area contributed by atoms with Crippen molar-refractivity contribution < 1.29 is 4.79 Å². The Hall–Kier alpha value is -0.570. The molecule has 0 spiro atoms. The van der Waals surface area contributed by atoms with E-state index in [1.807, 2.05) is 0 Å². The molecule has 1 fully saturated rings. The Morgan fingerprint density at radius 1 is 1.10 bits per heavy atom. The molecule has 1 saturated heterocycles. The Morgan fingerprint density at radius 2 is 1.71 bits per heavy atom. The fraction of sp³-hybridized carbons (Fsp3) is 0.944. The van der Waals surface area contributed by atoms with Crippen LogP contribution in [0.4, 0.5) is 0 Å². The second-order valence-electron chi connectivity index (χ2n) is 7.64. The highest BCUT2D eigenvalue weighted by atomic mass is 16.2. The molecule has 1 rings (SSSR count). The minimum absolute atomic E-state index is 0.00921. The van der Waals surface area contributed by atoms with Gasteiger partial charge in [-0.2, -0.15) is 0 Å². The van der Waals surface area contributed by atoms with Crippen molar-refractivity contribution in [3.63, 3.8) is 0 Å². The smallest absolute Gasteiger partial charge is 0.241 e. The molecular weight excluding hydrogens is 260 g/mol. The average molecular weight is 296 g/mol. The molecule has 0 bridgehead atoms. The molecule has 1 aliphatic heterocycles. The van der Waals surface area contributed by atoms with Crippen LogP contribution in [-0.4, -0.2) is 29.1 Å². The van der Waals surface area contributed by atoms with Gasteiger partial charge in [0.15, 0.2) is 0 Å². The van der Waals surface area contributed by atoms with Gasteiger partial charge in [-0.15, -0.1) is 0 Å². The lowest BCUT2D eigenvalue weighted by molar-refractivity contribution is -0.133. The molecule has 1 aliphatic rings. The third-order valence-electron chi connectivity index (χ3n) is 4.89. The van der Waals surface area contributed by atoms with Gasteiger partial charge in [0, 0.05) is 6.04 Å². The highest BCUT2D eigenvalue weighted by Crippen LogP contribution is 2.27. The van der Waals surface area contributed by atoms with E-state index < -0.39 is 0 Å². The summed E-state index contributed by atoms with van der Waals surface area (Å²) in [5.74, 6) is 1.93. The van der Waals surface area contributed by atoms with Crippen LogP contribution in [0.25, 0.3) is 0 Å². The second-order valence-corrected chi connectivity index (χ2v) is 7.64. The van der Waals surface area contributed by atoms with Crippen molar-refractivity contribution in [1.29, 1.82) is 0 Å². The Bertz CT molecular complexity index is 327. The largest absolute Gasteiger partial charge is 0.323 e. The van der Waals surface area contributed by atoms with Gasteiger partial charge in [-0.1, -0.05) is 60.8 Å². The standard InChI is InChI=1S/C18H36N2O/c1-8-14(6)16-18(21)20(17(19-16)13(4)5)15(7)11-9-10-12(2)3/h12-17,19H,8-11H2,1-7H3. The first-order valence-electron chi connectivity index (χ1n) is 8.87. The van der Waals surface area contributed by atoms with Gasteiger partial charge in [0.1, 0.15) is 0 Å². The van der Waals surface area contributed by atoms with Crippen molar-refractivity contribution in [3.05, 3.63) is 0 Å². The fourth-order valence-corrected chi connectivity index (χ4v) is 3.24. The van der Waals surface area contributed by atoms with Crippen LogP contribution in [0, 0.1) is 17.8 Å². The quantitative estimate of drug-likeness (QED) is 0.733. The lowest BCUT2D eigenvalue weighted by Crippen LogP contribution is -2.46. The van der Waals surface area contributed by atoms with E-state index >= 15 is 0 Å². The van der Waals surface area contributed by atoms with Gasteiger partial charge in [0.2, 0.25) is 5.91 Å². The van der Waals surface area contributed by atoms with Crippen LogP contribution >= 0.6 is 0 Å². The summed E-state index contributed by atoms with van der Waals surface area (Å²) in [5, 5.41) is 3.60. The monoisotopic (exact) mass is 296 g/mol. The normalized spacial score (nSPS) is 26.0. The molecule has 3 nitrogen and oxygen atoms in total. The van der Waals surface area contributed by atoms with Gasteiger partial charge >= 0.3 is 0 Å². The summed E-state index contributed by atoms with van der Waals surface area (Å²) < 4.78 is 0. The molecule has 124 valence electrons. The van der Waals surface area contributed by atoms with Gasteiger partial charge < -0.3 is 4.90 Å². The molecule has 1 heterocycles. The van der Waals surface area contributed by atoms with Crippen LogP contribution in [-0.2, 0) is 4.79 Å². The van der Waals surface area contributed by atoms with Crippen LogP contribution < -0.4 is 5.32 Å². The molecule has 3 heteroatoms. The van der Waals surface area contributed by atoms with Crippen LogP contribution in [0.5, 0.6) is 0 Å². The van der Waals surface area contributed by atoms with E-state index in [0.717, 1.165) is 18.8 Å². The summed E-state index contributed by atoms with van der Waals surface area (Å²) in [6.07, 6.45) is 4.82. The van der Waals surface area contributed by atoms with E-state index in [4.69, 9.17) is 0 Å². The molecule has 21 heavy (non-hydrogen) atoms. The van der Waals surface area contributed by atoms with Crippen molar-refractivity contribution >= 4 is 5.91 Å². The molecule has 1 N–H and O–H groups in total. The summed E-state index contributed by atoms with van der Waals surface area (Å²) in [6, 6.07) is 0.347. The number of nitrogens with one attached hydrogen (secondary N) is 1. The summed E-state index contributed by atoms with van der Waals surface area (Å²) >= 11 is 0. The average Bonchev–Trinajstić information content (AvgIpc) is 2.75. The molecule has 4 atom stereocenters. The maximum atomic E-state index is 12.8. The molecule has 0 saturated carbocycles. The molecule has 0 aromatic rings. The molecule has 0 aromatic carbocycles. The van der Waals surface area contributed by atoms with Gasteiger partial charge in [-0.25, -0.2) is 0 Å². The summed E-state index contributed by atoms with van der Waals surface area (Å²) in [7, 11) is 0. The van der Waals surface area contributed by atoms with E-state index in [-0.39, 0.29) is 12.2 Å². The van der Waals surface area contributed by atoms with Crippen LogP contribution in [0.2, 0.25) is 0 Å². The Morgan fingerprint density at radius 3 is 2.19 bits per heavy atom. The summed E-state index contributed by atoms with van der Waals surface area (Å²) in [6.45, 7) is 15.5. The first kappa shape index (κ1) is 18.5. The van der Waals surface area contributed by atoms with Crippen molar-refractivity contribution in [2.24, 2.45) is 17.8 Å². The molecule has 4 unspecified atom stereocenters. The zero-order chi connectivity index (χ0) is 16.2. The van der Waals surface area contributed by atoms with Crippen molar-refractivity contribution in [2.45, 2.75) is 92.4 Å². The number of rotatable bonds is 8. The number of nitrogens with zero attached hydrogens (tertiary/aromatic N) is 1. The van der Waals surface area contributed by atoms with Crippen molar-refractivity contribution in [1.82, 2.24) is 10.2 Å². The number of carbonyl (C=O) groups excluding carboxylic acids is 1. The predicted molar refractivity (Wildman–Crippen MR) is 90.0 cm³/mol. The molecule has 0 aromatic heterocycles. The highest BCUT2D eigenvalue weighted by Gasteiger charge is 2.43. The van der Waals surface area contributed by atoms with Gasteiger partial charge in [-0.3, -0.25) is 10.1 Å².